The molecule has 0 unspecified atom stereocenters. The van der Waals surface area contributed by atoms with Gasteiger partial charge in [0.25, 0.3) is 0 Å². The number of aromatic nitrogens is 2. The van der Waals surface area contributed by atoms with Crippen LogP contribution < -0.4 is 4.74 Å². The number of methoxy groups -OCH3 is 1. The summed E-state index contributed by atoms with van der Waals surface area (Å²) in [4.78, 5) is 4.70. The van der Waals surface area contributed by atoms with Gasteiger partial charge in [-0.3, -0.25) is 0 Å². The molecule has 0 atom stereocenters. The van der Waals surface area contributed by atoms with Crippen molar-refractivity contribution in [2.75, 3.05) is 7.11 Å². The van der Waals surface area contributed by atoms with Gasteiger partial charge in [-0.15, -0.1) is 0 Å². The summed E-state index contributed by atoms with van der Waals surface area (Å²) in [5.41, 5.74) is 6.45. The Kier molecular flexibility index (Phi) is 3.45. The third kappa shape index (κ3) is 2.31. The first-order valence-corrected chi connectivity index (χ1v) is 8.04. The lowest BCUT2D eigenvalue weighted by Crippen LogP contribution is -2.07. The van der Waals surface area contributed by atoms with E-state index in [1.807, 2.05) is 35.9 Å². The van der Waals surface area contributed by atoms with Crippen LogP contribution in [0.15, 0.2) is 53.6 Å². The van der Waals surface area contributed by atoms with Gasteiger partial charge in [0.2, 0.25) is 0 Å². The molecule has 0 fully saturated rings. The number of fused-ring (bicyclic) bond motifs is 2. The van der Waals surface area contributed by atoms with Crippen molar-refractivity contribution in [3.63, 3.8) is 0 Å². The fourth-order valence-electron chi connectivity index (χ4n) is 3.11. The maximum Gasteiger partial charge on any atom is 0.134 e. The fourth-order valence-corrected chi connectivity index (χ4v) is 3.11. The lowest BCUT2D eigenvalue weighted by molar-refractivity contribution is 0.414. The van der Waals surface area contributed by atoms with Gasteiger partial charge in [-0.05, 0) is 31.5 Å². The summed E-state index contributed by atoms with van der Waals surface area (Å²) in [6.45, 7) is 4.10. The predicted octanol–water partition coefficient (Wildman–Crippen LogP) is 3.71. The van der Waals surface area contributed by atoms with Crippen LogP contribution in [0.4, 0.5) is 0 Å². The van der Waals surface area contributed by atoms with Gasteiger partial charge >= 0.3 is 0 Å². The van der Waals surface area contributed by atoms with Gasteiger partial charge in [-0.2, -0.15) is 5.10 Å². The molecule has 1 aliphatic rings. The van der Waals surface area contributed by atoms with Gasteiger partial charge in [0.15, 0.2) is 0 Å². The average molecular weight is 317 g/mol. The van der Waals surface area contributed by atoms with E-state index in [0.717, 1.165) is 46.2 Å². The molecule has 0 aliphatic carbocycles. The number of hydrogen-bond donors (Lipinski definition) is 0. The van der Waals surface area contributed by atoms with Crippen LogP contribution in [0.3, 0.4) is 0 Å². The van der Waals surface area contributed by atoms with Gasteiger partial charge in [-0.1, -0.05) is 36.4 Å². The van der Waals surface area contributed by atoms with E-state index < -0.39 is 0 Å². The first-order valence-electron chi connectivity index (χ1n) is 8.04. The smallest absolute Gasteiger partial charge is 0.134 e. The third-order valence-electron chi connectivity index (χ3n) is 4.55. The molecule has 0 N–H and O–H groups in total. The molecular formula is C20H19N3O. The third-order valence-corrected chi connectivity index (χ3v) is 4.55. The zero-order valence-electron chi connectivity index (χ0n) is 14.1. The first kappa shape index (κ1) is 14.7. The molecule has 0 bridgehead atoms. The van der Waals surface area contributed by atoms with E-state index in [2.05, 4.69) is 31.2 Å². The Morgan fingerprint density at radius 1 is 1.04 bits per heavy atom. The topological polar surface area (TPSA) is 39.4 Å². The molecule has 0 spiro atoms. The molecule has 3 aromatic rings. The fraction of sp³-hybridized carbons (Fsp3) is 0.200. The summed E-state index contributed by atoms with van der Waals surface area (Å²) >= 11 is 0. The van der Waals surface area contributed by atoms with Crippen LogP contribution >= 0.6 is 0 Å². The Morgan fingerprint density at radius 3 is 2.58 bits per heavy atom. The van der Waals surface area contributed by atoms with Crippen molar-refractivity contribution in [3.8, 4) is 5.75 Å². The van der Waals surface area contributed by atoms with Gasteiger partial charge in [-0.25, -0.2) is 9.66 Å². The lowest BCUT2D eigenvalue weighted by atomic mass is 9.96. The minimum absolute atomic E-state index is 0.758. The van der Waals surface area contributed by atoms with Crippen molar-refractivity contribution in [3.05, 3.63) is 82.4 Å². The van der Waals surface area contributed by atoms with Crippen molar-refractivity contribution < 1.29 is 4.74 Å². The van der Waals surface area contributed by atoms with E-state index in [4.69, 9.17) is 14.8 Å². The lowest BCUT2D eigenvalue weighted by Gasteiger charge is -2.11. The molecule has 4 nitrogen and oxygen atoms in total. The normalized spacial score (nSPS) is 12.9. The minimum Gasteiger partial charge on any atom is -0.497 e. The average Bonchev–Trinajstić information content (AvgIpc) is 2.79. The second-order valence-electron chi connectivity index (χ2n) is 6.03. The van der Waals surface area contributed by atoms with E-state index in [9.17, 15) is 0 Å². The number of rotatable bonds is 2. The highest BCUT2D eigenvalue weighted by Gasteiger charge is 2.21. The van der Waals surface area contributed by atoms with Crippen LogP contribution in [-0.4, -0.2) is 22.5 Å². The van der Waals surface area contributed by atoms with E-state index in [1.54, 1.807) is 7.11 Å². The summed E-state index contributed by atoms with van der Waals surface area (Å²) in [7, 11) is 1.69. The Balaban J connectivity index is 2.01. The molecule has 0 radical (unpaired) electrons. The van der Waals surface area contributed by atoms with E-state index >= 15 is 0 Å². The zero-order valence-corrected chi connectivity index (χ0v) is 14.1. The summed E-state index contributed by atoms with van der Waals surface area (Å²) in [6, 6.07) is 16.5. The Bertz CT molecular complexity index is 939. The molecular weight excluding hydrogens is 298 g/mol. The highest BCUT2D eigenvalue weighted by molar-refractivity contribution is 6.14. The van der Waals surface area contributed by atoms with Crippen molar-refractivity contribution in [2.45, 2.75) is 20.3 Å². The predicted molar refractivity (Wildman–Crippen MR) is 95.0 cm³/mol. The van der Waals surface area contributed by atoms with Crippen molar-refractivity contribution in [1.29, 1.82) is 0 Å². The largest absolute Gasteiger partial charge is 0.497 e. The summed E-state index contributed by atoms with van der Waals surface area (Å²) in [5, 5.41) is 4.96. The zero-order chi connectivity index (χ0) is 16.7. The van der Waals surface area contributed by atoms with E-state index in [1.165, 1.54) is 5.56 Å². The SMILES string of the molecule is COc1ccc2c(c1)C(c1ccccc1)=Nn1c(nc(C)c1C)C2. The number of ether oxygens (including phenoxy) is 1. The van der Waals surface area contributed by atoms with Crippen molar-refractivity contribution in [1.82, 2.24) is 9.66 Å². The number of aryl methyl sites for hydroxylation is 1. The Labute approximate surface area is 141 Å². The molecule has 0 amide bonds. The second kappa shape index (κ2) is 5.64. The van der Waals surface area contributed by atoms with Crippen LogP contribution in [-0.2, 0) is 6.42 Å². The summed E-state index contributed by atoms with van der Waals surface area (Å²) < 4.78 is 7.41. The molecule has 24 heavy (non-hydrogen) atoms. The Hall–Kier alpha value is -2.88. The highest BCUT2D eigenvalue weighted by atomic mass is 16.5. The van der Waals surface area contributed by atoms with E-state index in [-0.39, 0.29) is 0 Å². The molecule has 0 saturated heterocycles. The van der Waals surface area contributed by atoms with Crippen LogP contribution in [0.1, 0.15) is 33.9 Å². The van der Waals surface area contributed by atoms with Crippen LogP contribution in [0.5, 0.6) is 5.75 Å². The molecule has 4 rings (SSSR count). The summed E-state index contributed by atoms with van der Waals surface area (Å²) in [5.74, 6) is 1.81. The van der Waals surface area contributed by atoms with Crippen LogP contribution in [0.2, 0.25) is 0 Å². The van der Waals surface area contributed by atoms with Gasteiger partial charge < -0.3 is 4.74 Å². The van der Waals surface area contributed by atoms with Crippen molar-refractivity contribution >= 4 is 5.71 Å². The molecule has 2 heterocycles. The van der Waals surface area contributed by atoms with E-state index in [0.29, 0.717) is 0 Å². The summed E-state index contributed by atoms with van der Waals surface area (Å²) in [6.07, 6.45) is 0.758. The minimum atomic E-state index is 0.758. The maximum absolute atomic E-state index is 5.43. The Morgan fingerprint density at radius 2 is 1.83 bits per heavy atom. The maximum atomic E-state index is 5.43. The quantitative estimate of drug-likeness (QED) is 0.565. The van der Waals surface area contributed by atoms with Crippen molar-refractivity contribution in [2.24, 2.45) is 5.10 Å². The van der Waals surface area contributed by atoms with Gasteiger partial charge in [0, 0.05) is 17.5 Å². The number of imidazole rings is 1. The van der Waals surface area contributed by atoms with Crippen LogP contribution in [0.25, 0.3) is 0 Å². The molecule has 2 aromatic carbocycles. The second-order valence-corrected chi connectivity index (χ2v) is 6.03. The van der Waals surface area contributed by atoms with Gasteiger partial charge in [0.1, 0.15) is 11.6 Å². The first-order chi connectivity index (χ1) is 11.7. The molecule has 0 saturated carbocycles. The molecule has 120 valence electrons. The molecule has 4 heteroatoms. The monoisotopic (exact) mass is 317 g/mol. The molecule has 1 aromatic heterocycles. The standard InChI is InChI=1S/C20H19N3O/c1-13-14(2)23-19(21-13)11-16-9-10-17(24-3)12-18(16)20(22-23)15-7-5-4-6-8-15/h4-10,12H,11H2,1-3H3. The van der Waals surface area contributed by atoms with Gasteiger partial charge in [0.05, 0.1) is 24.2 Å². The highest BCUT2D eigenvalue weighted by Crippen LogP contribution is 2.27. The molecule has 1 aliphatic heterocycles. The number of benzene rings is 2. The van der Waals surface area contributed by atoms with Crippen LogP contribution in [0, 0.1) is 13.8 Å². The number of hydrogen-bond acceptors (Lipinski definition) is 3. The number of nitrogens with zero attached hydrogens (tertiary/aromatic N) is 3.